The first kappa shape index (κ1) is 14.6. The zero-order valence-corrected chi connectivity index (χ0v) is 12.9. The number of hydrogen-bond acceptors (Lipinski definition) is 4. The highest BCUT2D eigenvalue weighted by molar-refractivity contribution is 7.18. The van der Waals surface area contributed by atoms with E-state index in [4.69, 9.17) is 17.3 Å². The van der Waals surface area contributed by atoms with Crippen LogP contribution < -0.4 is 16.6 Å². The normalized spacial score (nSPS) is 10.8. The Morgan fingerprint density at radius 2 is 2.09 bits per heavy atom. The lowest BCUT2D eigenvalue weighted by molar-refractivity contribution is 0.0955. The molecule has 3 rings (SSSR count). The maximum Gasteiger partial charge on any atom is 0.263 e. The Hall–Kier alpha value is -2.31. The highest BCUT2D eigenvalue weighted by Crippen LogP contribution is 2.28. The van der Waals surface area contributed by atoms with Gasteiger partial charge in [-0.15, -0.1) is 11.3 Å². The fourth-order valence-electron chi connectivity index (χ4n) is 2.13. The smallest absolute Gasteiger partial charge is 0.263 e. The second-order valence-corrected chi connectivity index (χ2v) is 6.41. The first-order chi connectivity index (χ1) is 10.5. The van der Waals surface area contributed by atoms with Crippen LogP contribution in [0.1, 0.15) is 15.2 Å². The molecule has 2 heterocycles. The maximum absolute atomic E-state index is 12.1. The number of fused-ring (bicyclic) bond motifs is 1. The minimum atomic E-state index is -0.345. The molecule has 22 heavy (non-hydrogen) atoms. The highest BCUT2D eigenvalue weighted by atomic mass is 35.5. The number of amides is 1. The molecule has 0 aliphatic carbocycles. The van der Waals surface area contributed by atoms with Gasteiger partial charge in [-0.3, -0.25) is 9.59 Å². The van der Waals surface area contributed by atoms with Gasteiger partial charge < -0.3 is 16.0 Å². The molecule has 0 saturated carbocycles. The summed E-state index contributed by atoms with van der Waals surface area (Å²) < 4.78 is 0.450. The van der Waals surface area contributed by atoms with Gasteiger partial charge in [0.25, 0.3) is 11.5 Å². The van der Waals surface area contributed by atoms with Crippen molar-refractivity contribution < 1.29 is 4.79 Å². The second-order valence-electron chi connectivity index (χ2n) is 4.73. The van der Waals surface area contributed by atoms with Crippen molar-refractivity contribution in [3.8, 4) is 0 Å². The van der Waals surface area contributed by atoms with Gasteiger partial charge in [0.15, 0.2) is 0 Å². The van der Waals surface area contributed by atoms with Gasteiger partial charge >= 0.3 is 0 Å². The minimum Gasteiger partial charge on any atom is -0.397 e. The molecule has 0 atom stereocenters. The largest absolute Gasteiger partial charge is 0.397 e. The van der Waals surface area contributed by atoms with Crippen molar-refractivity contribution in [2.75, 3.05) is 5.73 Å². The molecule has 0 aliphatic rings. The average molecular weight is 334 g/mol. The summed E-state index contributed by atoms with van der Waals surface area (Å²) in [5, 5.41) is 3.60. The Labute approximate surface area is 134 Å². The summed E-state index contributed by atoms with van der Waals surface area (Å²) in [5.74, 6) is -0.345. The average Bonchev–Trinajstić information content (AvgIpc) is 2.83. The number of hydrogen-bond donors (Lipinski definition) is 3. The van der Waals surface area contributed by atoms with Gasteiger partial charge in [-0.05, 0) is 23.6 Å². The maximum atomic E-state index is 12.1. The minimum absolute atomic E-state index is 0.119. The molecule has 3 aromatic rings. The number of pyridine rings is 1. The quantitative estimate of drug-likeness (QED) is 0.688. The first-order valence-electron chi connectivity index (χ1n) is 6.48. The Morgan fingerprint density at radius 3 is 2.82 bits per heavy atom. The van der Waals surface area contributed by atoms with Crippen molar-refractivity contribution in [1.82, 2.24) is 10.3 Å². The van der Waals surface area contributed by atoms with Gasteiger partial charge in [-0.25, -0.2) is 0 Å². The number of nitrogens with one attached hydrogen (secondary N) is 2. The van der Waals surface area contributed by atoms with Crippen molar-refractivity contribution >= 4 is 45.4 Å². The van der Waals surface area contributed by atoms with Crippen LogP contribution in [0.3, 0.4) is 0 Å². The topological polar surface area (TPSA) is 88.0 Å². The van der Waals surface area contributed by atoms with Crippen molar-refractivity contribution in [3.05, 3.63) is 61.5 Å². The lowest BCUT2D eigenvalue weighted by atomic mass is 10.1. The summed E-state index contributed by atoms with van der Waals surface area (Å²) in [4.78, 5) is 27.2. The number of nitrogen functional groups attached to an aromatic ring is 1. The van der Waals surface area contributed by atoms with Gasteiger partial charge in [0.1, 0.15) is 4.88 Å². The number of carbonyl (C=O) groups is 1. The van der Waals surface area contributed by atoms with Crippen molar-refractivity contribution in [2.45, 2.75) is 6.54 Å². The molecule has 0 unspecified atom stereocenters. The zero-order chi connectivity index (χ0) is 15.7. The molecule has 4 N–H and O–H groups in total. The highest BCUT2D eigenvalue weighted by Gasteiger charge is 2.14. The van der Waals surface area contributed by atoms with E-state index in [-0.39, 0.29) is 18.0 Å². The van der Waals surface area contributed by atoms with Crippen LogP contribution in [0.2, 0.25) is 4.34 Å². The van der Waals surface area contributed by atoms with E-state index in [2.05, 4.69) is 10.3 Å². The molecule has 0 aliphatic heterocycles. The van der Waals surface area contributed by atoms with E-state index >= 15 is 0 Å². The number of benzene rings is 1. The van der Waals surface area contributed by atoms with Crippen LogP contribution in [0.25, 0.3) is 10.9 Å². The van der Waals surface area contributed by atoms with E-state index in [1.165, 1.54) is 6.07 Å². The predicted molar refractivity (Wildman–Crippen MR) is 89.5 cm³/mol. The monoisotopic (exact) mass is 333 g/mol. The number of rotatable bonds is 3. The molecule has 7 heteroatoms. The molecule has 0 fully saturated rings. The number of aromatic amines is 1. The van der Waals surface area contributed by atoms with E-state index < -0.39 is 0 Å². The molecule has 0 bridgehead atoms. The number of H-pyrrole nitrogens is 1. The molecule has 5 nitrogen and oxygen atoms in total. The number of carbonyl (C=O) groups excluding carboxylic acids is 1. The van der Waals surface area contributed by atoms with Crippen LogP contribution in [-0.2, 0) is 6.54 Å². The molecule has 0 spiro atoms. The number of halogens is 1. The predicted octanol–water partition coefficient (Wildman–Crippen LogP) is 2.76. The molecule has 1 aromatic carbocycles. The van der Waals surface area contributed by atoms with Gasteiger partial charge in [-0.2, -0.15) is 0 Å². The standard InChI is InChI=1S/C15H12ClN3O2S/c16-12-6-10(17)13(22-12)15(21)18-7-9-5-8-3-1-2-4-11(8)19-14(9)20/h1-6H,7,17H2,(H,18,21)(H,19,20). The molecule has 0 saturated heterocycles. The Bertz CT molecular complexity index is 917. The SMILES string of the molecule is Nc1cc(Cl)sc1C(=O)NCc1cc2ccccc2[nH]c1=O. The Morgan fingerprint density at radius 1 is 1.32 bits per heavy atom. The molecule has 2 aromatic heterocycles. The van der Waals surface area contributed by atoms with Crippen molar-refractivity contribution in [3.63, 3.8) is 0 Å². The van der Waals surface area contributed by atoms with Crippen LogP contribution in [0.15, 0.2) is 41.2 Å². The third kappa shape index (κ3) is 2.84. The summed E-state index contributed by atoms with van der Waals surface area (Å²) in [6, 6.07) is 10.8. The molecular formula is C15H12ClN3O2S. The van der Waals surface area contributed by atoms with Gasteiger partial charge in [0, 0.05) is 17.6 Å². The van der Waals surface area contributed by atoms with E-state index in [9.17, 15) is 9.59 Å². The van der Waals surface area contributed by atoms with Gasteiger partial charge in [0.05, 0.1) is 10.0 Å². The number of aromatic nitrogens is 1. The van der Waals surface area contributed by atoms with E-state index in [1.807, 2.05) is 24.3 Å². The number of thiophene rings is 1. The molecule has 1 amide bonds. The summed E-state index contributed by atoms with van der Waals surface area (Å²) in [7, 11) is 0. The van der Waals surface area contributed by atoms with Crippen molar-refractivity contribution in [1.29, 1.82) is 0 Å². The summed E-state index contributed by atoms with van der Waals surface area (Å²) in [6.07, 6.45) is 0. The molecule has 0 radical (unpaired) electrons. The number of nitrogens with two attached hydrogens (primary N) is 1. The van der Waals surface area contributed by atoms with E-state index in [1.54, 1.807) is 6.07 Å². The first-order valence-corrected chi connectivity index (χ1v) is 7.68. The summed E-state index contributed by atoms with van der Waals surface area (Å²) >= 11 is 6.93. The third-order valence-corrected chi connectivity index (χ3v) is 4.49. The van der Waals surface area contributed by atoms with Crippen LogP contribution in [-0.4, -0.2) is 10.9 Å². The van der Waals surface area contributed by atoms with E-state index in [0.717, 1.165) is 22.2 Å². The fraction of sp³-hybridized carbons (Fsp3) is 0.0667. The second kappa shape index (κ2) is 5.82. The lowest BCUT2D eigenvalue weighted by Gasteiger charge is -2.05. The molecular weight excluding hydrogens is 322 g/mol. The van der Waals surface area contributed by atoms with Gasteiger partial charge in [0.2, 0.25) is 0 Å². The summed E-state index contributed by atoms with van der Waals surface area (Å²) in [5.41, 5.74) is 7.06. The van der Waals surface area contributed by atoms with E-state index in [0.29, 0.717) is 20.5 Å². The van der Waals surface area contributed by atoms with Crippen LogP contribution in [0, 0.1) is 0 Å². The Balaban J connectivity index is 1.82. The van der Waals surface area contributed by atoms with Crippen LogP contribution in [0.4, 0.5) is 5.69 Å². The number of para-hydroxylation sites is 1. The van der Waals surface area contributed by atoms with Gasteiger partial charge in [-0.1, -0.05) is 29.8 Å². The number of anilines is 1. The van der Waals surface area contributed by atoms with Crippen LogP contribution in [0.5, 0.6) is 0 Å². The third-order valence-electron chi connectivity index (χ3n) is 3.21. The fourth-order valence-corrected chi connectivity index (χ4v) is 3.20. The molecule has 112 valence electrons. The van der Waals surface area contributed by atoms with Crippen LogP contribution >= 0.6 is 22.9 Å². The van der Waals surface area contributed by atoms with Crippen molar-refractivity contribution in [2.24, 2.45) is 0 Å². The lowest BCUT2D eigenvalue weighted by Crippen LogP contribution is -2.26. The zero-order valence-electron chi connectivity index (χ0n) is 11.4. The Kier molecular flexibility index (Phi) is 3.87. The summed E-state index contributed by atoms with van der Waals surface area (Å²) in [6.45, 7) is 0.119.